The maximum atomic E-state index is 16.2. The zero-order chi connectivity index (χ0) is 30.2. The van der Waals surface area contributed by atoms with Gasteiger partial charge in [-0.3, -0.25) is 23.7 Å². The number of hydrogen-bond donors (Lipinski definition) is 3. The Bertz CT molecular complexity index is 1590. The van der Waals surface area contributed by atoms with E-state index in [0.29, 0.717) is 5.39 Å². The Labute approximate surface area is 238 Å². The number of benzene rings is 2. The Kier molecular flexibility index (Phi) is 8.79. The molecule has 12 nitrogen and oxygen atoms in total. The van der Waals surface area contributed by atoms with Crippen molar-refractivity contribution in [3.05, 3.63) is 75.6 Å². The molecule has 222 valence electrons. The van der Waals surface area contributed by atoms with Crippen LogP contribution >= 0.6 is 19.3 Å². The summed E-state index contributed by atoms with van der Waals surface area (Å²) in [5.41, 5.74) is -1.67. The molecule has 1 fully saturated rings. The van der Waals surface area contributed by atoms with E-state index in [-0.39, 0.29) is 5.75 Å². The van der Waals surface area contributed by atoms with Crippen molar-refractivity contribution in [1.29, 1.82) is 0 Å². The van der Waals surface area contributed by atoms with Crippen molar-refractivity contribution in [3.63, 3.8) is 0 Å². The van der Waals surface area contributed by atoms with E-state index >= 15 is 4.39 Å². The topological polar surface area (TPSA) is 158 Å². The minimum Gasteiger partial charge on any atom is -0.462 e. The highest BCUT2D eigenvalue weighted by Crippen LogP contribution is 2.52. The second kappa shape index (κ2) is 11.7. The van der Waals surface area contributed by atoms with Crippen molar-refractivity contribution < 1.29 is 37.4 Å². The Morgan fingerprint density at radius 3 is 2.59 bits per heavy atom. The third-order valence-corrected chi connectivity index (χ3v) is 8.30. The number of nitrogens with zero attached hydrogens (tertiary/aromatic N) is 1. The van der Waals surface area contributed by atoms with Gasteiger partial charge < -0.3 is 19.1 Å². The first-order valence-corrected chi connectivity index (χ1v) is 14.5. The van der Waals surface area contributed by atoms with E-state index in [0.717, 1.165) is 22.2 Å². The number of carbonyl (C=O) groups excluding carboxylic acids is 1. The second-order valence-corrected chi connectivity index (χ2v) is 12.5. The van der Waals surface area contributed by atoms with E-state index in [2.05, 4.69) is 5.09 Å². The van der Waals surface area contributed by atoms with Gasteiger partial charge in [0.1, 0.15) is 29.4 Å². The molecular weight excluding hydrogens is 584 g/mol. The number of aromatic nitrogens is 2. The van der Waals surface area contributed by atoms with Crippen molar-refractivity contribution >= 4 is 36.1 Å². The quantitative estimate of drug-likeness (QED) is 0.176. The number of aromatic amines is 1. The van der Waals surface area contributed by atoms with E-state index in [1.165, 1.54) is 19.9 Å². The van der Waals surface area contributed by atoms with Crippen LogP contribution in [0.3, 0.4) is 0 Å². The van der Waals surface area contributed by atoms with Crippen molar-refractivity contribution in [2.45, 2.75) is 62.9 Å². The first-order valence-electron chi connectivity index (χ1n) is 12.6. The molecule has 0 bridgehead atoms. The van der Waals surface area contributed by atoms with Gasteiger partial charge in [-0.25, -0.2) is 13.8 Å². The summed E-state index contributed by atoms with van der Waals surface area (Å²) in [6.45, 7) is 4.63. The molecule has 3 aromatic rings. The molecule has 1 saturated heterocycles. The molecule has 4 rings (SSSR count). The number of alkyl halides is 2. The fourth-order valence-corrected chi connectivity index (χ4v) is 6.10. The summed E-state index contributed by atoms with van der Waals surface area (Å²) in [7, 11) is -4.61. The minimum atomic E-state index is -4.61. The summed E-state index contributed by atoms with van der Waals surface area (Å²) in [6, 6.07) is 11.7. The van der Waals surface area contributed by atoms with Gasteiger partial charge in [-0.1, -0.05) is 36.4 Å². The average molecular weight is 614 g/mol. The fourth-order valence-electron chi connectivity index (χ4n) is 4.27. The van der Waals surface area contributed by atoms with Crippen LogP contribution in [0.15, 0.2) is 64.3 Å². The highest BCUT2D eigenvalue weighted by atomic mass is 35.5. The molecule has 0 radical (unpaired) electrons. The zero-order valence-corrected chi connectivity index (χ0v) is 24.2. The maximum Gasteiger partial charge on any atom is 0.459 e. The van der Waals surface area contributed by atoms with Gasteiger partial charge >= 0.3 is 19.4 Å². The largest absolute Gasteiger partial charge is 0.462 e. The van der Waals surface area contributed by atoms with E-state index < -0.39 is 66.8 Å². The van der Waals surface area contributed by atoms with Gasteiger partial charge in [-0.2, -0.15) is 5.09 Å². The van der Waals surface area contributed by atoms with Gasteiger partial charge in [-0.15, -0.1) is 11.6 Å². The van der Waals surface area contributed by atoms with E-state index in [1.54, 1.807) is 50.2 Å². The van der Waals surface area contributed by atoms with Gasteiger partial charge in [0.15, 0.2) is 6.23 Å². The number of halogens is 2. The summed E-state index contributed by atoms with van der Waals surface area (Å²) in [5, 5.41) is 14.6. The van der Waals surface area contributed by atoms with Crippen LogP contribution in [0.5, 0.6) is 5.75 Å². The molecule has 15 heteroatoms. The Morgan fingerprint density at radius 1 is 1.22 bits per heavy atom. The fraction of sp³-hybridized carbons (Fsp3) is 0.423. The first kappa shape index (κ1) is 30.9. The smallest absolute Gasteiger partial charge is 0.459 e. The van der Waals surface area contributed by atoms with E-state index in [4.69, 9.17) is 30.1 Å². The SMILES string of the molecule is CC(C)OC(=O)C(C)NP(=O)(OC[C@@]1(F)O[C@@H](n2ccc(=O)[nH]c2=O)[C@](C)(Cl)[C@@H]1O)Oc1cccc2ccccc12. The Hall–Kier alpha value is -3.06. The maximum absolute atomic E-state index is 16.2. The molecule has 0 aliphatic carbocycles. The van der Waals surface area contributed by atoms with Crippen LogP contribution in [0.25, 0.3) is 10.8 Å². The highest BCUT2D eigenvalue weighted by molar-refractivity contribution is 7.52. The first-order chi connectivity index (χ1) is 19.1. The predicted molar refractivity (Wildman–Crippen MR) is 148 cm³/mol. The van der Waals surface area contributed by atoms with Crippen molar-refractivity contribution in [3.8, 4) is 5.75 Å². The molecule has 0 spiro atoms. The van der Waals surface area contributed by atoms with Gasteiger partial charge in [0.25, 0.3) is 11.4 Å². The van der Waals surface area contributed by atoms with Gasteiger partial charge in [0.05, 0.1) is 6.10 Å². The molecule has 6 atom stereocenters. The van der Waals surface area contributed by atoms with Gasteiger partial charge in [-0.05, 0) is 39.1 Å². The van der Waals surface area contributed by atoms with E-state index in [1.807, 2.05) is 4.98 Å². The standard InChI is InChI=1S/C26H30ClFN3O9P/c1-15(2)38-21(33)16(3)30-41(36,40-19-11-7-9-17-8-5-6-10-18(17)19)37-14-26(28)22(34)25(4,27)23(39-26)31-13-12-20(32)29-24(31)35/h5-13,15-16,22-23,34H,14H2,1-4H3,(H,30,36)(H,29,32,35)/t16?,22-,23+,25+,26+,41?/m0/s1. The van der Waals surface area contributed by atoms with Crippen LogP contribution < -0.4 is 20.9 Å². The molecule has 0 saturated carbocycles. The van der Waals surface area contributed by atoms with Crippen LogP contribution in [0.1, 0.15) is 33.9 Å². The molecule has 2 unspecified atom stereocenters. The molecule has 1 aliphatic heterocycles. The number of esters is 1. The summed E-state index contributed by atoms with van der Waals surface area (Å²) in [6.07, 6.45) is -3.17. The summed E-state index contributed by atoms with van der Waals surface area (Å²) in [5.74, 6) is -3.79. The third-order valence-electron chi connectivity index (χ3n) is 6.29. The van der Waals surface area contributed by atoms with Crippen LogP contribution in [0.4, 0.5) is 4.39 Å². The lowest BCUT2D eigenvalue weighted by molar-refractivity contribution is -0.204. The molecular formula is C26H30ClFN3O9P. The Balaban J connectivity index is 1.64. The summed E-state index contributed by atoms with van der Waals surface area (Å²) >= 11 is 6.43. The number of ether oxygens (including phenoxy) is 2. The lowest BCUT2D eigenvalue weighted by Gasteiger charge is -2.29. The molecule has 41 heavy (non-hydrogen) atoms. The highest BCUT2D eigenvalue weighted by Gasteiger charge is 2.63. The number of aliphatic hydroxyl groups excluding tert-OH is 1. The normalized spacial score (nSPS) is 26.5. The third kappa shape index (κ3) is 6.56. The number of hydrogen-bond acceptors (Lipinski definition) is 9. The number of carbonyl (C=O) groups is 1. The monoisotopic (exact) mass is 613 g/mol. The molecule has 0 amide bonds. The van der Waals surface area contributed by atoms with Crippen LogP contribution in [-0.2, 0) is 23.4 Å². The molecule has 1 aliphatic rings. The Morgan fingerprint density at radius 2 is 1.90 bits per heavy atom. The van der Waals surface area contributed by atoms with Crippen molar-refractivity contribution in [2.24, 2.45) is 0 Å². The van der Waals surface area contributed by atoms with Crippen molar-refractivity contribution in [1.82, 2.24) is 14.6 Å². The average Bonchev–Trinajstić information content (AvgIpc) is 3.07. The van der Waals surface area contributed by atoms with Crippen LogP contribution in [-0.4, -0.2) is 56.2 Å². The predicted octanol–water partition coefficient (Wildman–Crippen LogP) is 3.38. The number of H-pyrrole nitrogens is 1. The molecule has 2 aromatic carbocycles. The number of fused-ring (bicyclic) bond motifs is 1. The van der Waals surface area contributed by atoms with Crippen molar-refractivity contribution in [2.75, 3.05) is 6.61 Å². The molecule has 3 N–H and O–H groups in total. The number of aliphatic hydroxyl groups is 1. The molecule has 2 heterocycles. The van der Waals surface area contributed by atoms with Crippen LogP contribution in [0.2, 0.25) is 0 Å². The lowest BCUT2D eigenvalue weighted by atomic mass is 10.00. The molecule has 1 aromatic heterocycles. The number of rotatable bonds is 10. The van der Waals surface area contributed by atoms with Gasteiger partial charge in [0, 0.05) is 17.6 Å². The van der Waals surface area contributed by atoms with E-state index in [9.17, 15) is 24.1 Å². The summed E-state index contributed by atoms with van der Waals surface area (Å²) < 4.78 is 52.7. The minimum absolute atomic E-state index is 0.101. The lowest BCUT2D eigenvalue weighted by Crippen LogP contribution is -2.47. The second-order valence-electron chi connectivity index (χ2n) is 10.0. The summed E-state index contributed by atoms with van der Waals surface area (Å²) in [4.78, 5) is 36.4. The van der Waals surface area contributed by atoms with Crippen LogP contribution in [0, 0.1) is 0 Å². The zero-order valence-electron chi connectivity index (χ0n) is 22.6. The number of nitrogens with one attached hydrogen (secondary N) is 2. The van der Waals surface area contributed by atoms with Gasteiger partial charge in [0.2, 0.25) is 0 Å².